The highest BCUT2D eigenvalue weighted by molar-refractivity contribution is 7.09. The topological polar surface area (TPSA) is 83.6 Å². The highest BCUT2D eigenvalue weighted by Crippen LogP contribution is 2.11. The molecule has 0 aliphatic rings. The van der Waals surface area contributed by atoms with E-state index < -0.39 is 0 Å². The first-order valence-corrected chi connectivity index (χ1v) is 6.17. The van der Waals surface area contributed by atoms with Gasteiger partial charge in [-0.2, -0.15) is 0 Å². The lowest BCUT2D eigenvalue weighted by molar-refractivity contribution is 0.0950. The molecule has 2 N–H and O–H groups in total. The average Bonchev–Trinajstić information content (AvgIpc) is 3.05. The number of H-pyrrole nitrogens is 1. The van der Waals surface area contributed by atoms with Crippen molar-refractivity contribution in [1.29, 1.82) is 0 Å². The maximum absolute atomic E-state index is 11.9. The fourth-order valence-corrected chi connectivity index (χ4v) is 2.06. The number of nitrogens with one attached hydrogen (secondary N) is 2. The Morgan fingerprint density at radius 1 is 1.50 bits per heavy atom. The van der Waals surface area contributed by atoms with Gasteiger partial charge >= 0.3 is 0 Å². The summed E-state index contributed by atoms with van der Waals surface area (Å²) in [5.74, 6) is -0.166. The minimum Gasteiger partial charge on any atom is -0.346 e. The first-order chi connectivity index (χ1) is 8.83. The van der Waals surface area contributed by atoms with Crippen LogP contribution in [0.3, 0.4) is 0 Å². The van der Waals surface area contributed by atoms with E-state index in [-0.39, 0.29) is 5.91 Å². The average molecular weight is 259 g/mol. The third-order valence-corrected chi connectivity index (χ3v) is 3.17. The van der Waals surface area contributed by atoms with Crippen LogP contribution in [-0.4, -0.2) is 26.1 Å². The molecule has 3 aromatic heterocycles. The van der Waals surface area contributed by atoms with E-state index in [0.29, 0.717) is 12.1 Å². The van der Waals surface area contributed by atoms with Crippen molar-refractivity contribution in [3.05, 3.63) is 40.6 Å². The number of aromatic amines is 1. The molecule has 0 radical (unpaired) electrons. The molecule has 0 atom stereocenters. The number of carbonyl (C=O) groups excluding carboxylic acids is 1. The van der Waals surface area contributed by atoms with Crippen LogP contribution >= 0.6 is 11.3 Å². The van der Waals surface area contributed by atoms with Gasteiger partial charge in [0.2, 0.25) is 0 Å². The summed E-state index contributed by atoms with van der Waals surface area (Å²) in [5, 5.41) is 12.0. The van der Waals surface area contributed by atoms with Crippen LogP contribution in [-0.2, 0) is 6.54 Å². The minimum atomic E-state index is -0.166. The Bertz CT molecular complexity index is 676. The summed E-state index contributed by atoms with van der Waals surface area (Å²) in [7, 11) is 0. The first-order valence-electron chi connectivity index (χ1n) is 5.29. The number of carbonyl (C=O) groups is 1. The molecule has 0 aliphatic carbocycles. The van der Waals surface area contributed by atoms with Gasteiger partial charge in [-0.1, -0.05) is 0 Å². The maximum atomic E-state index is 11.9. The first kappa shape index (κ1) is 10.8. The Balaban J connectivity index is 1.75. The van der Waals surface area contributed by atoms with Crippen LogP contribution < -0.4 is 5.32 Å². The second kappa shape index (κ2) is 4.53. The van der Waals surface area contributed by atoms with E-state index in [4.69, 9.17) is 0 Å². The zero-order chi connectivity index (χ0) is 12.4. The number of amides is 1. The van der Waals surface area contributed by atoms with Gasteiger partial charge in [0.05, 0.1) is 12.1 Å². The number of nitrogens with zero attached hydrogens (tertiary/aromatic N) is 3. The smallest absolute Gasteiger partial charge is 0.253 e. The largest absolute Gasteiger partial charge is 0.346 e. The standard InChI is InChI=1S/C11H9N5OS/c17-11(14-5-9-16-15-6-18-9)8-3-7-1-2-12-10(7)13-4-8/h1-4,6H,5H2,(H,12,13)(H,14,17). The SMILES string of the molecule is O=C(NCc1nncs1)c1cnc2[nH]ccc2c1. The summed E-state index contributed by atoms with van der Waals surface area (Å²) in [6.45, 7) is 0.384. The predicted molar refractivity (Wildman–Crippen MR) is 67.2 cm³/mol. The fourth-order valence-electron chi connectivity index (χ4n) is 1.59. The molecule has 7 heteroatoms. The molecule has 0 unspecified atom stereocenters. The number of rotatable bonds is 3. The van der Waals surface area contributed by atoms with Crippen LogP contribution in [0.2, 0.25) is 0 Å². The summed E-state index contributed by atoms with van der Waals surface area (Å²) in [6, 6.07) is 3.68. The van der Waals surface area contributed by atoms with Crippen molar-refractivity contribution >= 4 is 28.3 Å². The summed E-state index contributed by atoms with van der Waals surface area (Å²) in [5.41, 5.74) is 2.94. The van der Waals surface area contributed by atoms with Gasteiger partial charge in [-0.15, -0.1) is 21.5 Å². The lowest BCUT2D eigenvalue weighted by Gasteiger charge is -2.02. The number of pyridine rings is 1. The van der Waals surface area contributed by atoms with Gasteiger partial charge in [0, 0.05) is 17.8 Å². The third kappa shape index (κ3) is 2.07. The quantitative estimate of drug-likeness (QED) is 0.743. The second-order valence-corrected chi connectivity index (χ2v) is 4.57. The van der Waals surface area contributed by atoms with Crippen molar-refractivity contribution in [2.75, 3.05) is 0 Å². The maximum Gasteiger partial charge on any atom is 0.253 e. The number of fused-ring (bicyclic) bond motifs is 1. The van der Waals surface area contributed by atoms with E-state index in [0.717, 1.165) is 16.0 Å². The molecule has 18 heavy (non-hydrogen) atoms. The minimum absolute atomic E-state index is 0.166. The number of hydrogen-bond acceptors (Lipinski definition) is 5. The van der Waals surface area contributed by atoms with Gasteiger partial charge in [-0.25, -0.2) is 4.98 Å². The van der Waals surface area contributed by atoms with Crippen molar-refractivity contribution in [3.63, 3.8) is 0 Å². The zero-order valence-electron chi connectivity index (χ0n) is 9.25. The normalized spacial score (nSPS) is 10.7. The van der Waals surface area contributed by atoms with Crippen molar-refractivity contribution in [3.8, 4) is 0 Å². The van der Waals surface area contributed by atoms with Crippen molar-refractivity contribution in [2.24, 2.45) is 0 Å². The molecule has 0 saturated carbocycles. The van der Waals surface area contributed by atoms with Crippen LogP contribution in [0.5, 0.6) is 0 Å². The molecule has 0 spiro atoms. The monoisotopic (exact) mass is 259 g/mol. The Labute approximate surface area is 106 Å². The zero-order valence-corrected chi connectivity index (χ0v) is 10.1. The Morgan fingerprint density at radius 3 is 3.28 bits per heavy atom. The lowest BCUT2D eigenvalue weighted by atomic mass is 10.2. The Hall–Kier alpha value is -2.28. The number of aromatic nitrogens is 4. The summed E-state index contributed by atoms with van der Waals surface area (Å²) in [6.07, 6.45) is 3.34. The summed E-state index contributed by atoms with van der Waals surface area (Å²) >= 11 is 1.41. The molecule has 0 bridgehead atoms. The van der Waals surface area contributed by atoms with Crippen LogP contribution in [0.1, 0.15) is 15.4 Å². The highest BCUT2D eigenvalue weighted by atomic mass is 32.1. The van der Waals surface area contributed by atoms with Crippen molar-refractivity contribution < 1.29 is 4.79 Å². The molecule has 90 valence electrons. The van der Waals surface area contributed by atoms with Crippen molar-refractivity contribution in [2.45, 2.75) is 6.54 Å². The molecule has 6 nitrogen and oxygen atoms in total. The van der Waals surface area contributed by atoms with Gasteiger partial charge in [0.15, 0.2) is 0 Å². The van der Waals surface area contributed by atoms with E-state index in [1.165, 1.54) is 11.3 Å². The molecule has 0 saturated heterocycles. The van der Waals surface area contributed by atoms with E-state index in [1.54, 1.807) is 24.0 Å². The van der Waals surface area contributed by atoms with E-state index in [9.17, 15) is 4.79 Å². The molecular formula is C11H9N5OS. The van der Waals surface area contributed by atoms with Gasteiger partial charge < -0.3 is 10.3 Å². The van der Waals surface area contributed by atoms with Gasteiger partial charge in [-0.3, -0.25) is 4.79 Å². The second-order valence-electron chi connectivity index (χ2n) is 3.65. The fraction of sp³-hybridized carbons (Fsp3) is 0.0909. The number of hydrogen-bond donors (Lipinski definition) is 2. The molecule has 0 aliphatic heterocycles. The molecular weight excluding hydrogens is 250 g/mol. The van der Waals surface area contributed by atoms with Crippen LogP contribution in [0.4, 0.5) is 0 Å². The summed E-state index contributed by atoms with van der Waals surface area (Å²) in [4.78, 5) is 19.0. The van der Waals surface area contributed by atoms with Gasteiger partial charge in [0.1, 0.15) is 16.2 Å². The molecule has 3 heterocycles. The molecule has 3 aromatic rings. The van der Waals surface area contributed by atoms with Gasteiger partial charge in [0.25, 0.3) is 5.91 Å². The highest BCUT2D eigenvalue weighted by Gasteiger charge is 2.08. The Morgan fingerprint density at radius 2 is 2.44 bits per heavy atom. The summed E-state index contributed by atoms with van der Waals surface area (Å²) < 4.78 is 0. The van der Waals surface area contributed by atoms with Crippen LogP contribution in [0.15, 0.2) is 30.0 Å². The lowest BCUT2D eigenvalue weighted by Crippen LogP contribution is -2.22. The third-order valence-electron chi connectivity index (χ3n) is 2.47. The van der Waals surface area contributed by atoms with Crippen LogP contribution in [0, 0.1) is 0 Å². The van der Waals surface area contributed by atoms with Crippen molar-refractivity contribution in [1.82, 2.24) is 25.5 Å². The van der Waals surface area contributed by atoms with Gasteiger partial charge in [-0.05, 0) is 12.1 Å². The molecule has 0 aromatic carbocycles. The van der Waals surface area contributed by atoms with E-state index >= 15 is 0 Å². The molecule has 1 amide bonds. The Kier molecular flexibility index (Phi) is 2.73. The van der Waals surface area contributed by atoms with E-state index in [2.05, 4.69) is 25.5 Å². The predicted octanol–water partition coefficient (Wildman–Crippen LogP) is 1.34. The van der Waals surface area contributed by atoms with Crippen LogP contribution in [0.25, 0.3) is 11.0 Å². The molecule has 0 fully saturated rings. The van der Waals surface area contributed by atoms with E-state index in [1.807, 2.05) is 6.07 Å². The molecule has 3 rings (SSSR count).